The minimum Gasteiger partial charge on any atom is -0.481 e. The molecule has 0 heterocycles. The van der Waals surface area contributed by atoms with Crippen LogP contribution in [0.5, 0.6) is 0 Å². The summed E-state index contributed by atoms with van der Waals surface area (Å²) in [6, 6.07) is 0. The first-order valence-electron chi connectivity index (χ1n) is 3.62. The van der Waals surface area contributed by atoms with Crippen LogP contribution in [0.2, 0.25) is 0 Å². The predicted octanol–water partition coefficient (Wildman–Crippen LogP) is 1.12. The van der Waals surface area contributed by atoms with E-state index in [1.165, 1.54) is 0 Å². The summed E-state index contributed by atoms with van der Waals surface area (Å²) in [5.74, 6) is -2.46. The summed E-state index contributed by atoms with van der Waals surface area (Å²) in [4.78, 5) is 10.2. The van der Waals surface area contributed by atoms with Crippen molar-refractivity contribution >= 4 is 5.97 Å². The molecule has 7 heavy (non-hydrogen) atoms. The van der Waals surface area contributed by atoms with Crippen molar-refractivity contribution in [3.63, 3.8) is 0 Å². The molecule has 0 bridgehead atoms. The van der Waals surface area contributed by atoms with E-state index in [0.717, 1.165) is 0 Å². The van der Waals surface area contributed by atoms with E-state index in [-0.39, 0.29) is 6.42 Å². The van der Waals surface area contributed by atoms with E-state index in [4.69, 9.17) is 9.22 Å². The predicted molar refractivity (Wildman–Crippen MR) is 27.1 cm³/mol. The average molecular weight is 105 g/mol. The van der Waals surface area contributed by atoms with Crippen LogP contribution in [0.4, 0.5) is 0 Å². The van der Waals surface area contributed by atoms with Gasteiger partial charge >= 0.3 is 5.97 Å². The van der Waals surface area contributed by atoms with E-state index >= 15 is 0 Å². The Morgan fingerprint density at radius 2 is 2.71 bits per heavy atom. The summed E-state index contributed by atoms with van der Waals surface area (Å²) in [6.07, 6.45) is 0.145. The van der Waals surface area contributed by atoms with Crippen molar-refractivity contribution in [2.45, 2.75) is 20.2 Å². The monoisotopic (exact) mass is 105 g/mol. The van der Waals surface area contributed by atoms with Crippen LogP contribution >= 0.6 is 0 Å². The van der Waals surface area contributed by atoms with Crippen molar-refractivity contribution in [3.05, 3.63) is 0 Å². The van der Waals surface area contributed by atoms with Crippen molar-refractivity contribution < 1.29 is 14.0 Å². The van der Waals surface area contributed by atoms with Gasteiger partial charge in [-0.2, -0.15) is 0 Å². The molecule has 0 aliphatic heterocycles. The second-order valence-electron chi connectivity index (χ2n) is 1.30. The molecule has 0 aliphatic carbocycles. The summed E-state index contributed by atoms with van der Waals surface area (Å²) in [5.41, 5.74) is 0. The summed E-state index contributed by atoms with van der Waals surface area (Å²) in [5, 5.41) is 8.35. The molecular formula is C5H10O2. The van der Waals surface area contributed by atoms with Crippen LogP contribution in [0.25, 0.3) is 0 Å². The second-order valence-corrected chi connectivity index (χ2v) is 1.30. The van der Waals surface area contributed by atoms with Crippen molar-refractivity contribution in [2.24, 2.45) is 5.92 Å². The van der Waals surface area contributed by atoms with Crippen LogP contribution in [-0.2, 0) is 4.79 Å². The number of hydrogen-bond acceptors (Lipinski definition) is 1. The molecule has 2 heteroatoms. The van der Waals surface area contributed by atoms with Gasteiger partial charge in [-0.25, -0.2) is 0 Å². The number of carbonyl (C=O) groups is 1. The molecule has 0 fully saturated rings. The lowest BCUT2D eigenvalue weighted by molar-refractivity contribution is -0.141. The highest BCUT2D eigenvalue weighted by Crippen LogP contribution is 1.97. The number of hydrogen-bond donors (Lipinski definition) is 1. The highest BCUT2D eigenvalue weighted by Gasteiger charge is 2.05. The van der Waals surface area contributed by atoms with Crippen LogP contribution < -0.4 is 0 Å². The Labute approximate surface area is 47.4 Å². The maximum Gasteiger partial charge on any atom is 0.306 e. The standard InChI is InChI=1S/C5H10O2/c1-3-4(2)5(6)7/h4H,3H2,1-2H3,(H,6,7)/t4-/m0/s1/i2D3. The molecular weight excluding hydrogens is 92.1 g/mol. The van der Waals surface area contributed by atoms with Crippen LogP contribution in [-0.4, -0.2) is 11.1 Å². The highest BCUT2D eigenvalue weighted by atomic mass is 16.4. The van der Waals surface area contributed by atoms with E-state index in [1.54, 1.807) is 6.92 Å². The molecule has 0 aromatic heterocycles. The molecule has 0 aromatic carbocycles. The Morgan fingerprint density at radius 1 is 2.14 bits per heavy atom. The largest absolute Gasteiger partial charge is 0.481 e. The third-order valence-corrected chi connectivity index (χ3v) is 0.706. The Balaban J connectivity index is 4.22. The molecule has 0 rings (SSSR count). The fraction of sp³-hybridized carbons (Fsp3) is 0.800. The fourth-order valence-electron chi connectivity index (χ4n) is 0.175. The average Bonchev–Trinajstić information content (AvgIpc) is 1.60. The van der Waals surface area contributed by atoms with Gasteiger partial charge in [0.05, 0.1) is 5.92 Å². The van der Waals surface area contributed by atoms with Crippen LogP contribution in [0.3, 0.4) is 0 Å². The zero-order valence-corrected chi connectivity index (χ0v) is 4.14. The fourth-order valence-corrected chi connectivity index (χ4v) is 0.175. The van der Waals surface area contributed by atoms with E-state index in [1.807, 2.05) is 0 Å². The van der Waals surface area contributed by atoms with Gasteiger partial charge < -0.3 is 5.11 Å². The highest BCUT2D eigenvalue weighted by molar-refractivity contribution is 5.69. The van der Waals surface area contributed by atoms with Crippen molar-refractivity contribution in [2.75, 3.05) is 0 Å². The molecule has 1 N–H and O–H groups in total. The second kappa shape index (κ2) is 2.61. The molecule has 42 valence electrons. The van der Waals surface area contributed by atoms with Crippen LogP contribution in [0.1, 0.15) is 24.3 Å². The maximum absolute atomic E-state index is 10.2. The van der Waals surface area contributed by atoms with Crippen molar-refractivity contribution in [1.29, 1.82) is 0 Å². The normalized spacial score (nSPS) is 21.6. The third kappa shape index (κ3) is 2.20. The minimum atomic E-state index is -2.36. The summed E-state index contributed by atoms with van der Waals surface area (Å²) < 4.78 is 20.3. The van der Waals surface area contributed by atoms with E-state index in [2.05, 4.69) is 0 Å². The molecule has 0 saturated heterocycles. The Hall–Kier alpha value is -0.530. The van der Waals surface area contributed by atoms with E-state index in [0.29, 0.717) is 0 Å². The number of carboxylic acids is 1. The molecule has 0 saturated carbocycles. The molecule has 1 atom stereocenters. The minimum absolute atomic E-state index is 0.145. The van der Waals surface area contributed by atoms with Gasteiger partial charge in [-0.3, -0.25) is 4.79 Å². The lowest BCUT2D eigenvalue weighted by Crippen LogP contribution is -2.06. The van der Waals surface area contributed by atoms with Gasteiger partial charge in [-0.15, -0.1) is 0 Å². The van der Waals surface area contributed by atoms with Crippen molar-refractivity contribution in [3.8, 4) is 0 Å². The van der Waals surface area contributed by atoms with Gasteiger partial charge in [0.25, 0.3) is 0 Å². The number of aliphatic carboxylic acids is 1. The summed E-state index contributed by atoms with van der Waals surface area (Å²) >= 11 is 0. The van der Waals surface area contributed by atoms with Gasteiger partial charge in [-0.1, -0.05) is 13.8 Å². The third-order valence-electron chi connectivity index (χ3n) is 0.706. The maximum atomic E-state index is 10.2. The molecule has 0 aliphatic rings. The number of carboxylic acid groups (broad SMARTS) is 1. The summed E-state index contributed by atoms with van der Waals surface area (Å²) in [7, 11) is 0. The van der Waals surface area contributed by atoms with E-state index < -0.39 is 18.7 Å². The van der Waals surface area contributed by atoms with Crippen LogP contribution in [0.15, 0.2) is 0 Å². The lowest BCUT2D eigenvalue weighted by atomic mass is 10.1. The van der Waals surface area contributed by atoms with Gasteiger partial charge in [0.2, 0.25) is 0 Å². The first-order chi connectivity index (χ1) is 4.39. The van der Waals surface area contributed by atoms with Gasteiger partial charge in [0.15, 0.2) is 0 Å². The zero-order valence-electron chi connectivity index (χ0n) is 7.14. The first-order valence-corrected chi connectivity index (χ1v) is 2.12. The SMILES string of the molecule is [2H]C([2H])([2H])[C@@H](CC)C(=O)O. The molecule has 0 spiro atoms. The molecule has 2 nitrogen and oxygen atoms in total. The quantitative estimate of drug-likeness (QED) is 0.571. The van der Waals surface area contributed by atoms with Crippen molar-refractivity contribution in [1.82, 2.24) is 0 Å². The van der Waals surface area contributed by atoms with Crippen LogP contribution in [0, 0.1) is 5.92 Å². The molecule has 0 amide bonds. The topological polar surface area (TPSA) is 37.3 Å². The van der Waals surface area contributed by atoms with Gasteiger partial charge in [0, 0.05) is 4.11 Å². The van der Waals surface area contributed by atoms with Gasteiger partial charge in [-0.05, 0) is 6.42 Å². The Morgan fingerprint density at radius 3 is 2.71 bits per heavy atom. The zero-order chi connectivity index (χ0) is 8.36. The smallest absolute Gasteiger partial charge is 0.306 e. The Kier molecular flexibility index (Phi) is 1.01. The van der Waals surface area contributed by atoms with Gasteiger partial charge in [0.1, 0.15) is 0 Å². The molecule has 0 radical (unpaired) electrons. The van der Waals surface area contributed by atoms with E-state index in [9.17, 15) is 4.79 Å². The first kappa shape index (κ1) is 2.70. The number of rotatable bonds is 2. The molecule has 0 aromatic rings. The summed E-state index contributed by atoms with van der Waals surface area (Å²) in [6.45, 7) is -0.814. The molecule has 0 unspecified atom stereocenters. The lowest BCUT2D eigenvalue weighted by Gasteiger charge is -1.96. The Bertz CT molecular complexity index is 129.